The number of benzene rings is 1. The van der Waals surface area contributed by atoms with Gasteiger partial charge < -0.3 is 20.7 Å². The van der Waals surface area contributed by atoms with Crippen LogP contribution in [0.5, 0.6) is 5.75 Å². The highest BCUT2D eigenvalue weighted by Gasteiger charge is 2.15. The fraction of sp³-hybridized carbons (Fsp3) is 0.409. The van der Waals surface area contributed by atoms with E-state index in [9.17, 15) is 0 Å². The van der Waals surface area contributed by atoms with E-state index >= 15 is 0 Å². The predicted molar refractivity (Wildman–Crippen MR) is 140 cm³/mol. The molecule has 3 heterocycles. The first-order valence-corrected chi connectivity index (χ1v) is 10.9. The largest absolute Gasteiger partial charge is 0.497 e. The summed E-state index contributed by atoms with van der Waals surface area (Å²) in [6, 6.07) is 12.7. The smallest absolute Gasteiger partial charge is 0.118 e. The van der Waals surface area contributed by atoms with E-state index in [1.807, 2.05) is 12.1 Å². The van der Waals surface area contributed by atoms with Crippen LogP contribution in [-0.2, 0) is 0 Å². The second-order valence-electron chi connectivity index (χ2n) is 7.38. The van der Waals surface area contributed by atoms with E-state index in [1.165, 1.54) is 10.4 Å². The zero-order chi connectivity index (χ0) is 19.3. The van der Waals surface area contributed by atoms with E-state index in [1.54, 1.807) is 18.4 Å². The molecule has 0 aliphatic carbocycles. The normalized spacial score (nSPS) is 14.3. The van der Waals surface area contributed by atoms with Crippen molar-refractivity contribution in [3.8, 4) is 17.0 Å². The summed E-state index contributed by atoms with van der Waals surface area (Å²) in [4.78, 5) is 7.37. The first-order chi connectivity index (χ1) is 13.7. The lowest BCUT2D eigenvalue weighted by Gasteiger charge is -2.30. The number of hydrogen-bond acceptors (Lipinski definition) is 6. The van der Waals surface area contributed by atoms with Crippen LogP contribution in [0.4, 0.5) is 5.69 Å². The molecule has 4 rings (SSSR count). The molecule has 0 amide bonds. The molecule has 172 valence electrons. The lowest BCUT2D eigenvalue weighted by molar-refractivity contribution is 0.213. The number of ether oxygens (including phenoxy) is 1. The number of methoxy groups -OCH3 is 1. The number of nitrogens with one attached hydrogen (secondary N) is 1. The third-order valence-electron chi connectivity index (χ3n) is 5.40. The molecule has 2 aromatic heterocycles. The molecule has 1 aliphatic heterocycles. The van der Waals surface area contributed by atoms with Crippen molar-refractivity contribution in [2.75, 3.05) is 38.6 Å². The third-order valence-corrected chi connectivity index (χ3v) is 6.33. The van der Waals surface area contributed by atoms with Gasteiger partial charge in [0.1, 0.15) is 5.75 Å². The molecule has 9 heteroatoms. The Balaban J connectivity index is 0.00000160. The topological polar surface area (TPSA) is 63.4 Å². The van der Waals surface area contributed by atoms with Crippen LogP contribution in [0.25, 0.3) is 21.5 Å². The standard InChI is InChI=1S/C22H28N4OS.3ClH/c1-27-18-5-3-16(4-6-18)20-15-21(22-19(25-20)9-14-28-22)24-10-2-11-26-12-7-17(23)8-13-26;;;/h3-6,9,14-15,17H,2,7-8,10-13,23H2,1H3,(H,24,25);3*1H. The van der Waals surface area contributed by atoms with Crippen molar-refractivity contribution in [2.24, 2.45) is 5.73 Å². The maximum absolute atomic E-state index is 6.00. The number of aromatic nitrogens is 1. The Morgan fingerprint density at radius 1 is 1.13 bits per heavy atom. The lowest BCUT2D eigenvalue weighted by Crippen LogP contribution is -2.40. The molecule has 0 spiro atoms. The minimum Gasteiger partial charge on any atom is -0.497 e. The van der Waals surface area contributed by atoms with Crippen molar-refractivity contribution < 1.29 is 4.74 Å². The van der Waals surface area contributed by atoms with E-state index in [-0.39, 0.29) is 37.2 Å². The quantitative estimate of drug-likeness (QED) is 0.417. The van der Waals surface area contributed by atoms with Gasteiger partial charge >= 0.3 is 0 Å². The monoisotopic (exact) mass is 504 g/mol. The number of thiophene rings is 1. The number of nitrogens with two attached hydrogens (primary N) is 1. The number of likely N-dealkylation sites (tertiary alicyclic amines) is 1. The number of pyridine rings is 1. The third kappa shape index (κ3) is 7.11. The molecule has 1 aromatic carbocycles. The van der Waals surface area contributed by atoms with Crippen LogP contribution in [0.2, 0.25) is 0 Å². The number of fused-ring (bicyclic) bond motifs is 1. The molecule has 3 N–H and O–H groups in total. The molecular formula is C22H31Cl3N4OS. The minimum atomic E-state index is 0. The summed E-state index contributed by atoms with van der Waals surface area (Å²) in [5, 5.41) is 5.76. The molecule has 1 aliphatic rings. The summed E-state index contributed by atoms with van der Waals surface area (Å²) in [7, 11) is 1.69. The fourth-order valence-corrected chi connectivity index (χ4v) is 4.53. The van der Waals surface area contributed by atoms with Crippen LogP contribution in [0.3, 0.4) is 0 Å². The van der Waals surface area contributed by atoms with Crippen LogP contribution in [0.1, 0.15) is 19.3 Å². The van der Waals surface area contributed by atoms with Crippen molar-refractivity contribution in [3.63, 3.8) is 0 Å². The molecule has 5 nitrogen and oxygen atoms in total. The summed E-state index contributed by atoms with van der Waals surface area (Å²) >= 11 is 1.74. The van der Waals surface area contributed by atoms with Gasteiger partial charge in [0.15, 0.2) is 0 Å². The summed E-state index contributed by atoms with van der Waals surface area (Å²) in [6.45, 7) is 4.35. The zero-order valence-electron chi connectivity index (χ0n) is 17.6. The van der Waals surface area contributed by atoms with Gasteiger partial charge in [0.2, 0.25) is 0 Å². The second kappa shape index (κ2) is 13.3. The number of anilines is 1. The van der Waals surface area contributed by atoms with E-state index in [0.717, 1.165) is 68.0 Å². The van der Waals surface area contributed by atoms with E-state index < -0.39 is 0 Å². The zero-order valence-corrected chi connectivity index (χ0v) is 20.8. The molecule has 1 saturated heterocycles. The number of halogens is 3. The molecule has 0 radical (unpaired) electrons. The van der Waals surface area contributed by atoms with E-state index in [4.69, 9.17) is 15.5 Å². The molecule has 0 saturated carbocycles. The van der Waals surface area contributed by atoms with Crippen molar-refractivity contribution in [1.82, 2.24) is 9.88 Å². The van der Waals surface area contributed by atoms with Gasteiger partial charge in [0.25, 0.3) is 0 Å². The fourth-order valence-electron chi connectivity index (χ4n) is 3.70. The van der Waals surface area contributed by atoms with Crippen LogP contribution < -0.4 is 15.8 Å². The van der Waals surface area contributed by atoms with Crippen molar-refractivity contribution >= 4 is 64.5 Å². The summed E-state index contributed by atoms with van der Waals surface area (Å²) in [5.74, 6) is 0.859. The van der Waals surface area contributed by atoms with Gasteiger partial charge in [-0.25, -0.2) is 4.98 Å². The average molecular weight is 506 g/mol. The van der Waals surface area contributed by atoms with E-state index in [0.29, 0.717) is 6.04 Å². The van der Waals surface area contributed by atoms with Crippen molar-refractivity contribution in [1.29, 1.82) is 0 Å². The van der Waals surface area contributed by atoms with Gasteiger partial charge in [-0.15, -0.1) is 48.6 Å². The maximum atomic E-state index is 6.00. The summed E-state index contributed by atoms with van der Waals surface area (Å²) < 4.78 is 6.49. The van der Waals surface area contributed by atoms with Crippen molar-refractivity contribution in [2.45, 2.75) is 25.3 Å². The molecule has 1 fully saturated rings. The first kappa shape index (κ1) is 27.8. The Labute approximate surface area is 207 Å². The SMILES string of the molecule is COc1ccc(-c2cc(NCCCN3CCC(N)CC3)c3sccc3n2)cc1.Cl.Cl.Cl. The minimum absolute atomic E-state index is 0. The van der Waals surface area contributed by atoms with E-state index in [2.05, 4.69) is 39.9 Å². The van der Waals surface area contributed by atoms with Crippen LogP contribution in [0.15, 0.2) is 41.8 Å². The Morgan fingerprint density at radius 2 is 1.84 bits per heavy atom. The number of hydrogen-bond donors (Lipinski definition) is 2. The van der Waals surface area contributed by atoms with Gasteiger partial charge in [-0.1, -0.05) is 0 Å². The average Bonchev–Trinajstić information content (AvgIpc) is 3.21. The number of piperidine rings is 1. The van der Waals surface area contributed by atoms with Crippen molar-refractivity contribution in [3.05, 3.63) is 41.8 Å². The van der Waals surface area contributed by atoms with Crippen LogP contribution in [-0.4, -0.2) is 49.2 Å². The predicted octanol–water partition coefficient (Wildman–Crippen LogP) is 5.46. The summed E-state index contributed by atoms with van der Waals surface area (Å²) in [5.41, 5.74) is 10.3. The van der Waals surface area contributed by atoms with Crippen LogP contribution >= 0.6 is 48.6 Å². The second-order valence-corrected chi connectivity index (χ2v) is 8.29. The molecule has 0 unspecified atom stereocenters. The van der Waals surface area contributed by atoms with Gasteiger partial charge in [-0.3, -0.25) is 0 Å². The van der Waals surface area contributed by atoms with Crippen LogP contribution in [0, 0.1) is 0 Å². The molecule has 0 bridgehead atoms. The van der Waals surface area contributed by atoms with Gasteiger partial charge in [-0.2, -0.15) is 0 Å². The maximum Gasteiger partial charge on any atom is 0.118 e. The highest BCUT2D eigenvalue weighted by Crippen LogP contribution is 2.32. The van der Waals surface area contributed by atoms with Gasteiger partial charge in [0.05, 0.1) is 28.7 Å². The Hall–Kier alpha value is -1.28. The molecule has 31 heavy (non-hydrogen) atoms. The molecular weight excluding hydrogens is 475 g/mol. The Morgan fingerprint density at radius 3 is 2.52 bits per heavy atom. The van der Waals surface area contributed by atoms with Gasteiger partial charge in [-0.05, 0) is 80.7 Å². The highest BCUT2D eigenvalue weighted by atomic mass is 35.5. The molecule has 0 atom stereocenters. The highest BCUT2D eigenvalue weighted by molar-refractivity contribution is 7.17. The Bertz CT molecular complexity index is 915. The summed E-state index contributed by atoms with van der Waals surface area (Å²) in [6.07, 6.45) is 3.37. The number of rotatable bonds is 7. The lowest BCUT2D eigenvalue weighted by atomic mass is 10.1. The first-order valence-electron chi connectivity index (χ1n) is 9.97. The van der Waals surface area contributed by atoms with Gasteiger partial charge in [0, 0.05) is 18.2 Å². The molecule has 3 aromatic rings. The number of nitrogens with zero attached hydrogens (tertiary/aromatic N) is 2. The Kier molecular flexibility index (Phi) is 11.9.